The van der Waals surface area contributed by atoms with E-state index in [2.05, 4.69) is 36.3 Å². The Morgan fingerprint density at radius 2 is 1.89 bits per heavy atom. The van der Waals surface area contributed by atoms with Gasteiger partial charge in [0.25, 0.3) is 0 Å². The lowest BCUT2D eigenvalue weighted by Crippen LogP contribution is -2.44. The molecule has 2 unspecified atom stereocenters. The Bertz CT molecular complexity index is 432. The minimum atomic E-state index is 0.582. The maximum absolute atomic E-state index is 6.29. The highest BCUT2D eigenvalue weighted by Gasteiger charge is 2.38. The number of piperidine rings is 1. The molecule has 0 aromatic heterocycles. The first-order valence-electron chi connectivity index (χ1n) is 6.88. The molecule has 0 aliphatic carbocycles. The summed E-state index contributed by atoms with van der Waals surface area (Å²) in [5.41, 5.74) is 2.31. The van der Waals surface area contributed by atoms with Crippen LogP contribution in [-0.4, -0.2) is 30.1 Å². The summed E-state index contributed by atoms with van der Waals surface area (Å²) >= 11 is 6.29. The standard InChI is InChI=1S/C15H21ClN2/c1-10-3-6-15(14(16)7-10)17-11-8-12-4-5-13(9-11)18(12)2/h3,6-7,11-13,17H,4-5,8-9H2,1-2H3. The van der Waals surface area contributed by atoms with Gasteiger partial charge in [-0.1, -0.05) is 17.7 Å². The van der Waals surface area contributed by atoms with Crippen LogP contribution in [0.4, 0.5) is 5.69 Å². The summed E-state index contributed by atoms with van der Waals surface area (Å²) in [4.78, 5) is 2.56. The Morgan fingerprint density at radius 1 is 1.22 bits per heavy atom. The Hall–Kier alpha value is -0.730. The maximum Gasteiger partial charge on any atom is 0.0640 e. The first kappa shape index (κ1) is 12.3. The minimum absolute atomic E-state index is 0.582. The van der Waals surface area contributed by atoms with Crippen molar-refractivity contribution < 1.29 is 0 Å². The molecule has 0 spiro atoms. The van der Waals surface area contributed by atoms with Crippen LogP contribution in [0.25, 0.3) is 0 Å². The van der Waals surface area contributed by atoms with Crippen LogP contribution in [0.2, 0.25) is 5.02 Å². The van der Waals surface area contributed by atoms with Crippen molar-refractivity contribution in [3.63, 3.8) is 0 Å². The number of halogens is 1. The number of nitrogens with zero attached hydrogens (tertiary/aromatic N) is 1. The van der Waals surface area contributed by atoms with E-state index in [9.17, 15) is 0 Å². The van der Waals surface area contributed by atoms with Crippen molar-refractivity contribution in [1.29, 1.82) is 0 Å². The molecule has 98 valence electrons. The van der Waals surface area contributed by atoms with E-state index in [0.717, 1.165) is 22.8 Å². The highest BCUT2D eigenvalue weighted by molar-refractivity contribution is 6.33. The second-order valence-corrected chi connectivity index (χ2v) is 6.25. The first-order valence-corrected chi connectivity index (χ1v) is 7.26. The van der Waals surface area contributed by atoms with Crippen LogP contribution in [0.5, 0.6) is 0 Å². The Balaban J connectivity index is 1.70. The van der Waals surface area contributed by atoms with E-state index in [1.165, 1.54) is 31.2 Å². The highest BCUT2D eigenvalue weighted by Crippen LogP contribution is 2.36. The van der Waals surface area contributed by atoms with Gasteiger partial charge in [0.05, 0.1) is 10.7 Å². The molecule has 18 heavy (non-hydrogen) atoms. The predicted molar refractivity (Wildman–Crippen MR) is 77.4 cm³/mol. The van der Waals surface area contributed by atoms with E-state index in [1.807, 2.05) is 6.07 Å². The van der Waals surface area contributed by atoms with E-state index >= 15 is 0 Å². The summed E-state index contributed by atoms with van der Waals surface area (Å²) in [6, 6.07) is 8.39. The summed E-state index contributed by atoms with van der Waals surface area (Å²) in [5.74, 6) is 0. The molecule has 1 N–H and O–H groups in total. The average Bonchev–Trinajstić information content (AvgIpc) is 2.57. The van der Waals surface area contributed by atoms with Gasteiger partial charge in [-0.2, -0.15) is 0 Å². The number of hydrogen-bond donors (Lipinski definition) is 1. The fourth-order valence-electron chi connectivity index (χ4n) is 3.49. The van der Waals surface area contributed by atoms with Crippen molar-refractivity contribution in [2.45, 2.75) is 50.7 Å². The Kier molecular flexibility index (Phi) is 3.25. The van der Waals surface area contributed by atoms with Gasteiger partial charge in [-0.25, -0.2) is 0 Å². The molecule has 2 atom stereocenters. The van der Waals surface area contributed by atoms with Gasteiger partial charge in [-0.05, 0) is 57.4 Å². The van der Waals surface area contributed by atoms with Crippen molar-refractivity contribution in [3.05, 3.63) is 28.8 Å². The third-order valence-electron chi connectivity index (χ3n) is 4.58. The van der Waals surface area contributed by atoms with Gasteiger partial charge in [-0.3, -0.25) is 0 Å². The molecule has 0 radical (unpaired) electrons. The Labute approximate surface area is 114 Å². The second kappa shape index (κ2) is 4.75. The number of anilines is 1. The number of benzene rings is 1. The Morgan fingerprint density at radius 3 is 2.50 bits per heavy atom. The predicted octanol–water partition coefficient (Wildman–Crippen LogP) is 3.69. The number of rotatable bonds is 2. The normalized spacial score (nSPS) is 31.6. The lowest BCUT2D eigenvalue weighted by atomic mass is 9.97. The summed E-state index contributed by atoms with van der Waals surface area (Å²) in [5, 5.41) is 4.49. The van der Waals surface area contributed by atoms with E-state index in [4.69, 9.17) is 11.6 Å². The van der Waals surface area contributed by atoms with Crippen LogP contribution in [-0.2, 0) is 0 Å². The van der Waals surface area contributed by atoms with Gasteiger partial charge in [0, 0.05) is 18.1 Å². The molecule has 2 aliphatic heterocycles. The topological polar surface area (TPSA) is 15.3 Å². The number of hydrogen-bond acceptors (Lipinski definition) is 2. The zero-order valence-electron chi connectivity index (χ0n) is 11.1. The van der Waals surface area contributed by atoms with Crippen LogP contribution in [0, 0.1) is 6.92 Å². The van der Waals surface area contributed by atoms with Crippen molar-refractivity contribution in [2.75, 3.05) is 12.4 Å². The summed E-state index contributed by atoms with van der Waals surface area (Å²) in [6.45, 7) is 2.07. The minimum Gasteiger partial charge on any atom is -0.381 e. The van der Waals surface area contributed by atoms with Crippen LogP contribution in [0.15, 0.2) is 18.2 Å². The van der Waals surface area contributed by atoms with Gasteiger partial charge in [0.2, 0.25) is 0 Å². The largest absolute Gasteiger partial charge is 0.381 e. The molecule has 2 aliphatic rings. The van der Waals surface area contributed by atoms with Gasteiger partial charge >= 0.3 is 0 Å². The molecule has 2 saturated heterocycles. The number of fused-ring (bicyclic) bond motifs is 2. The van der Waals surface area contributed by atoms with Crippen LogP contribution < -0.4 is 5.32 Å². The molecule has 3 heteroatoms. The fourth-order valence-corrected chi connectivity index (χ4v) is 3.78. The van der Waals surface area contributed by atoms with E-state index in [-0.39, 0.29) is 0 Å². The number of aryl methyl sites for hydroxylation is 1. The maximum atomic E-state index is 6.29. The van der Waals surface area contributed by atoms with Crippen LogP contribution in [0.1, 0.15) is 31.2 Å². The first-order chi connectivity index (χ1) is 8.63. The van der Waals surface area contributed by atoms with Gasteiger partial charge < -0.3 is 10.2 Å². The van der Waals surface area contributed by atoms with E-state index < -0.39 is 0 Å². The molecular formula is C15H21ClN2. The monoisotopic (exact) mass is 264 g/mol. The molecule has 3 rings (SSSR count). The zero-order valence-corrected chi connectivity index (χ0v) is 11.9. The molecular weight excluding hydrogens is 244 g/mol. The van der Waals surface area contributed by atoms with Crippen molar-refractivity contribution in [1.82, 2.24) is 4.90 Å². The van der Waals surface area contributed by atoms with Crippen LogP contribution in [0.3, 0.4) is 0 Å². The number of nitrogens with one attached hydrogen (secondary N) is 1. The molecule has 1 aromatic rings. The second-order valence-electron chi connectivity index (χ2n) is 5.85. The fraction of sp³-hybridized carbons (Fsp3) is 0.600. The average molecular weight is 265 g/mol. The van der Waals surface area contributed by atoms with Gasteiger partial charge in [0.1, 0.15) is 0 Å². The molecule has 0 saturated carbocycles. The molecule has 0 amide bonds. The quantitative estimate of drug-likeness (QED) is 0.877. The van der Waals surface area contributed by atoms with E-state index in [0.29, 0.717) is 6.04 Å². The van der Waals surface area contributed by atoms with Crippen molar-refractivity contribution in [3.8, 4) is 0 Å². The smallest absolute Gasteiger partial charge is 0.0640 e. The van der Waals surface area contributed by atoms with Gasteiger partial charge in [0.15, 0.2) is 0 Å². The van der Waals surface area contributed by atoms with E-state index in [1.54, 1.807) is 0 Å². The summed E-state index contributed by atoms with van der Waals surface area (Å²) in [6.07, 6.45) is 5.22. The lowest BCUT2D eigenvalue weighted by Gasteiger charge is -2.37. The molecule has 2 bridgehead atoms. The molecule has 2 nitrogen and oxygen atoms in total. The SMILES string of the molecule is Cc1ccc(NC2CC3CCC(C2)N3C)c(Cl)c1. The summed E-state index contributed by atoms with van der Waals surface area (Å²) in [7, 11) is 2.28. The van der Waals surface area contributed by atoms with Gasteiger partial charge in [-0.15, -0.1) is 0 Å². The van der Waals surface area contributed by atoms with Crippen molar-refractivity contribution in [2.24, 2.45) is 0 Å². The summed E-state index contributed by atoms with van der Waals surface area (Å²) < 4.78 is 0. The lowest BCUT2D eigenvalue weighted by molar-refractivity contribution is 0.169. The molecule has 2 fully saturated rings. The molecule has 2 heterocycles. The zero-order chi connectivity index (χ0) is 12.7. The van der Waals surface area contributed by atoms with Crippen LogP contribution >= 0.6 is 11.6 Å². The third kappa shape index (κ3) is 2.24. The molecule has 1 aromatic carbocycles. The third-order valence-corrected chi connectivity index (χ3v) is 4.90. The highest BCUT2D eigenvalue weighted by atomic mass is 35.5. The van der Waals surface area contributed by atoms with Crippen molar-refractivity contribution >= 4 is 17.3 Å².